The Morgan fingerprint density at radius 2 is 1.87 bits per heavy atom. The number of hydrogen-bond acceptors (Lipinski definition) is 4. The van der Waals surface area contributed by atoms with E-state index in [1.54, 1.807) is 18.2 Å². The van der Waals surface area contributed by atoms with E-state index in [0.717, 1.165) is 16.8 Å². The molecule has 1 amide bonds. The smallest absolute Gasteiger partial charge is 0.279 e. The predicted molar refractivity (Wildman–Crippen MR) is 91.6 cm³/mol. The van der Waals surface area contributed by atoms with E-state index in [9.17, 15) is 4.79 Å². The van der Waals surface area contributed by atoms with E-state index in [1.807, 2.05) is 55.5 Å². The number of likely N-dealkylation sites (N-methyl/N-ethyl adjacent to an activating group) is 1. The molecule has 0 unspecified atom stereocenters. The van der Waals surface area contributed by atoms with Crippen molar-refractivity contribution < 1.29 is 9.53 Å². The first-order chi connectivity index (χ1) is 11.3. The van der Waals surface area contributed by atoms with Crippen molar-refractivity contribution in [1.29, 1.82) is 0 Å². The van der Waals surface area contributed by atoms with Gasteiger partial charge in [0.25, 0.3) is 5.91 Å². The lowest BCUT2D eigenvalue weighted by atomic mass is 10.1. The van der Waals surface area contributed by atoms with Crippen molar-refractivity contribution in [2.24, 2.45) is 10.2 Å². The first-order valence-electron chi connectivity index (χ1n) is 7.41. The number of ether oxygens (including phenoxy) is 1. The quantitative estimate of drug-likeness (QED) is 0.644. The maximum Gasteiger partial charge on any atom is 0.279 e. The monoisotopic (exact) mass is 307 g/mol. The minimum atomic E-state index is -0.120. The fourth-order valence-electron chi connectivity index (χ4n) is 2.59. The van der Waals surface area contributed by atoms with Crippen LogP contribution >= 0.6 is 0 Å². The highest BCUT2D eigenvalue weighted by molar-refractivity contribution is 6.54. The van der Waals surface area contributed by atoms with Crippen LogP contribution in [-0.4, -0.2) is 31.5 Å². The van der Waals surface area contributed by atoms with Crippen molar-refractivity contribution >= 4 is 23.5 Å². The minimum absolute atomic E-state index is 0.120. The Bertz CT molecular complexity index is 796. The summed E-state index contributed by atoms with van der Waals surface area (Å²) in [6.45, 7) is 2.54. The molecule has 0 spiro atoms. The molecule has 2 aromatic carbocycles. The number of methoxy groups -OCH3 is 1. The number of carbonyl (C=O) groups excluding carboxylic acids is 1. The number of fused-ring (bicyclic) bond motifs is 1. The molecule has 0 atom stereocenters. The molecule has 0 saturated heterocycles. The van der Waals surface area contributed by atoms with Crippen LogP contribution in [0, 0.1) is 0 Å². The summed E-state index contributed by atoms with van der Waals surface area (Å²) in [6, 6.07) is 15.1. The van der Waals surface area contributed by atoms with Gasteiger partial charge in [-0.3, -0.25) is 4.79 Å². The molecule has 5 heteroatoms. The second kappa shape index (κ2) is 6.44. The molecule has 0 N–H and O–H groups in total. The second-order valence-electron chi connectivity index (χ2n) is 5.00. The summed E-state index contributed by atoms with van der Waals surface area (Å²) in [6.07, 6.45) is 1.59. The molecule has 0 aliphatic carbocycles. The van der Waals surface area contributed by atoms with Crippen LogP contribution in [0.5, 0.6) is 5.75 Å². The highest BCUT2D eigenvalue weighted by Gasteiger charge is 2.32. The second-order valence-corrected chi connectivity index (χ2v) is 5.00. The van der Waals surface area contributed by atoms with Gasteiger partial charge in [-0.15, -0.1) is 5.10 Å². The van der Waals surface area contributed by atoms with Crippen LogP contribution < -0.4 is 9.64 Å². The van der Waals surface area contributed by atoms with E-state index in [4.69, 9.17) is 4.74 Å². The molecule has 0 saturated carbocycles. The summed E-state index contributed by atoms with van der Waals surface area (Å²) in [5, 5.41) is 8.24. The number of carbonyl (C=O) groups is 1. The lowest BCUT2D eigenvalue weighted by Gasteiger charge is -2.12. The zero-order valence-corrected chi connectivity index (χ0v) is 13.1. The van der Waals surface area contributed by atoms with E-state index in [2.05, 4.69) is 10.2 Å². The highest BCUT2D eigenvalue weighted by Crippen LogP contribution is 2.28. The summed E-state index contributed by atoms with van der Waals surface area (Å²) in [5.74, 6) is 0.593. The lowest BCUT2D eigenvalue weighted by molar-refractivity contribution is -0.112. The van der Waals surface area contributed by atoms with Crippen LogP contribution in [0.15, 0.2) is 58.7 Å². The molecule has 3 rings (SSSR count). The van der Waals surface area contributed by atoms with E-state index < -0.39 is 0 Å². The van der Waals surface area contributed by atoms with Gasteiger partial charge < -0.3 is 9.64 Å². The Hall–Kier alpha value is -2.95. The molecule has 0 bridgehead atoms. The van der Waals surface area contributed by atoms with Gasteiger partial charge in [0.05, 0.1) is 19.0 Å². The number of para-hydroxylation sites is 2. The van der Waals surface area contributed by atoms with Crippen molar-refractivity contribution in [2.45, 2.75) is 6.92 Å². The summed E-state index contributed by atoms with van der Waals surface area (Å²) in [4.78, 5) is 14.2. The molecule has 1 aliphatic heterocycles. The number of amides is 1. The van der Waals surface area contributed by atoms with Crippen molar-refractivity contribution in [3.8, 4) is 5.75 Å². The molecule has 0 fully saturated rings. The van der Waals surface area contributed by atoms with Crippen molar-refractivity contribution in [3.05, 3.63) is 59.7 Å². The van der Waals surface area contributed by atoms with Crippen molar-refractivity contribution in [2.75, 3.05) is 18.6 Å². The maximum atomic E-state index is 12.5. The minimum Gasteiger partial charge on any atom is -0.496 e. The van der Waals surface area contributed by atoms with E-state index >= 15 is 0 Å². The maximum absolute atomic E-state index is 12.5. The third-order valence-corrected chi connectivity index (χ3v) is 3.71. The molecule has 0 aromatic heterocycles. The molecule has 23 heavy (non-hydrogen) atoms. The van der Waals surface area contributed by atoms with E-state index in [0.29, 0.717) is 18.0 Å². The number of nitrogens with zero attached hydrogens (tertiary/aromatic N) is 3. The molecular formula is C18H17N3O2. The Kier molecular flexibility index (Phi) is 4.19. The number of anilines is 1. The van der Waals surface area contributed by atoms with E-state index in [1.165, 1.54) is 0 Å². The number of benzene rings is 2. The van der Waals surface area contributed by atoms with Crippen molar-refractivity contribution in [1.82, 2.24) is 0 Å². The molecule has 1 heterocycles. The Labute approximate surface area is 134 Å². The summed E-state index contributed by atoms with van der Waals surface area (Å²) >= 11 is 0. The average Bonchev–Trinajstić information content (AvgIpc) is 2.87. The SMILES string of the molecule is CCN1C(=O)/C(=N/N=C\c2ccccc2OC)c2ccccc21. The average molecular weight is 307 g/mol. The Morgan fingerprint density at radius 3 is 2.65 bits per heavy atom. The zero-order chi connectivity index (χ0) is 16.2. The lowest BCUT2D eigenvalue weighted by Crippen LogP contribution is -2.29. The molecule has 0 radical (unpaired) electrons. The van der Waals surface area contributed by atoms with Gasteiger partial charge in [0, 0.05) is 17.7 Å². The largest absolute Gasteiger partial charge is 0.496 e. The molecule has 1 aliphatic rings. The normalized spacial score (nSPS) is 15.5. The third kappa shape index (κ3) is 2.73. The van der Waals surface area contributed by atoms with Gasteiger partial charge in [-0.25, -0.2) is 0 Å². The van der Waals surface area contributed by atoms with Crippen LogP contribution in [0.25, 0.3) is 0 Å². The van der Waals surface area contributed by atoms with Crippen LogP contribution in [-0.2, 0) is 4.79 Å². The summed E-state index contributed by atoms with van der Waals surface area (Å²) < 4.78 is 5.26. The van der Waals surface area contributed by atoms with Gasteiger partial charge in [-0.1, -0.05) is 30.3 Å². The van der Waals surface area contributed by atoms with Crippen LogP contribution in [0.3, 0.4) is 0 Å². The van der Waals surface area contributed by atoms with Crippen LogP contribution in [0.1, 0.15) is 18.1 Å². The van der Waals surface area contributed by atoms with Gasteiger partial charge >= 0.3 is 0 Å². The van der Waals surface area contributed by atoms with Gasteiger partial charge in [0.15, 0.2) is 5.71 Å². The van der Waals surface area contributed by atoms with Crippen molar-refractivity contribution in [3.63, 3.8) is 0 Å². The topological polar surface area (TPSA) is 54.3 Å². The number of rotatable bonds is 4. The molecule has 2 aromatic rings. The molecule has 116 valence electrons. The van der Waals surface area contributed by atoms with Gasteiger partial charge in [0.1, 0.15) is 5.75 Å². The Balaban J connectivity index is 1.94. The van der Waals surface area contributed by atoms with Crippen LogP contribution in [0.2, 0.25) is 0 Å². The summed E-state index contributed by atoms with van der Waals surface area (Å²) in [7, 11) is 1.61. The first kappa shape index (κ1) is 15.0. The van der Waals surface area contributed by atoms with Crippen LogP contribution in [0.4, 0.5) is 5.69 Å². The fourth-order valence-corrected chi connectivity index (χ4v) is 2.59. The van der Waals surface area contributed by atoms with Gasteiger partial charge in [-0.05, 0) is 25.1 Å². The number of hydrogen-bond donors (Lipinski definition) is 0. The summed E-state index contributed by atoms with van der Waals surface area (Å²) in [5.41, 5.74) is 2.88. The van der Waals surface area contributed by atoms with Gasteiger partial charge in [-0.2, -0.15) is 5.10 Å². The third-order valence-electron chi connectivity index (χ3n) is 3.71. The standard InChI is InChI=1S/C18H17N3O2/c1-3-21-15-10-6-5-9-14(15)17(18(21)22)20-19-12-13-8-4-7-11-16(13)23-2/h4-12H,3H2,1-2H3/b19-12-,20-17+. The van der Waals surface area contributed by atoms with Gasteiger partial charge in [0.2, 0.25) is 0 Å². The van der Waals surface area contributed by atoms with E-state index in [-0.39, 0.29) is 5.91 Å². The zero-order valence-electron chi connectivity index (χ0n) is 13.1. The molecular weight excluding hydrogens is 290 g/mol. The predicted octanol–water partition coefficient (Wildman–Crippen LogP) is 2.88. The fraction of sp³-hybridized carbons (Fsp3) is 0.167. The Morgan fingerprint density at radius 1 is 1.13 bits per heavy atom. The molecule has 5 nitrogen and oxygen atoms in total. The first-order valence-corrected chi connectivity index (χ1v) is 7.41. The highest BCUT2D eigenvalue weighted by atomic mass is 16.5.